The van der Waals surface area contributed by atoms with Crippen molar-refractivity contribution < 1.29 is 14.7 Å². The Hall–Kier alpha value is -5.69. The summed E-state index contributed by atoms with van der Waals surface area (Å²) >= 11 is 2.48. The minimum atomic E-state index is -0.968. The minimum absolute atomic E-state index is 0. The van der Waals surface area contributed by atoms with Crippen molar-refractivity contribution in [3.63, 3.8) is 0 Å². The molecule has 0 radical (unpaired) electrons. The van der Waals surface area contributed by atoms with Crippen LogP contribution in [0.5, 0.6) is 0 Å². The molecule has 0 atom stereocenters. The van der Waals surface area contributed by atoms with Crippen LogP contribution in [0.25, 0.3) is 55.2 Å². The number of aryl methyl sites for hydroxylation is 2. The predicted octanol–water partition coefficient (Wildman–Crippen LogP) is 8.09. The number of amides is 1. The van der Waals surface area contributed by atoms with E-state index in [-0.39, 0.29) is 17.3 Å². The van der Waals surface area contributed by atoms with Gasteiger partial charge in [-0.05, 0) is 38.1 Å². The van der Waals surface area contributed by atoms with Crippen molar-refractivity contribution in [1.29, 1.82) is 0 Å². The van der Waals surface area contributed by atoms with E-state index in [4.69, 9.17) is 10.7 Å². The maximum Gasteiger partial charge on any atom is 0.348 e. The molecule has 244 valence electrons. The molecule has 49 heavy (non-hydrogen) atoms. The van der Waals surface area contributed by atoms with Crippen LogP contribution in [-0.4, -0.2) is 45.7 Å². The summed E-state index contributed by atoms with van der Waals surface area (Å²) in [4.78, 5) is 42.7. The van der Waals surface area contributed by atoms with Crippen LogP contribution in [-0.2, 0) is 0 Å². The van der Waals surface area contributed by atoms with Crippen LogP contribution >= 0.6 is 35.1 Å². The molecule has 10 nitrogen and oxygen atoms in total. The number of carboxylic acid groups (broad SMARTS) is 1. The second kappa shape index (κ2) is 13.8. The molecular weight excluding hydrogens is 678 g/mol. The summed E-state index contributed by atoms with van der Waals surface area (Å²) < 4.78 is 3.92. The smallest absolute Gasteiger partial charge is 0.348 e. The lowest BCUT2D eigenvalue weighted by molar-refractivity contribution is 0.0702. The Balaban J connectivity index is 0.000000167. The second-order valence-corrected chi connectivity index (χ2v) is 12.7. The standard InChI is InChI=1S/C18H14N4OS.C18H13N3O2S.ClH/c1-11-15(22-10-6-5-9-13(22)20-11)18-21-14(16(24-18)17(19)23)12-7-3-2-4-8-12;1-11-15(21-10-6-5-9-13(21)19-11)17-20-14(16(24-17)18(22)23)12-7-3-2-4-8-12;/h2-10H,1H3,(H2,19,23);2-10H,1H3,(H,22,23);1H. The van der Waals surface area contributed by atoms with E-state index in [9.17, 15) is 14.7 Å². The van der Waals surface area contributed by atoms with Crippen LogP contribution in [0, 0.1) is 13.8 Å². The first-order valence-corrected chi connectivity index (χ1v) is 16.5. The summed E-state index contributed by atoms with van der Waals surface area (Å²) in [5.41, 5.74) is 13.4. The van der Waals surface area contributed by atoms with Crippen LogP contribution < -0.4 is 5.73 Å². The fourth-order valence-corrected chi connectivity index (χ4v) is 7.53. The molecule has 0 aliphatic carbocycles. The third-order valence-electron chi connectivity index (χ3n) is 7.58. The first-order valence-electron chi connectivity index (χ1n) is 14.8. The number of rotatable bonds is 6. The Morgan fingerprint density at radius 1 is 0.612 bits per heavy atom. The Kier molecular flexibility index (Phi) is 9.36. The van der Waals surface area contributed by atoms with Crippen LogP contribution in [0.1, 0.15) is 30.7 Å². The van der Waals surface area contributed by atoms with E-state index >= 15 is 0 Å². The molecular formula is C36H28ClN7O3S2. The molecule has 0 bridgehead atoms. The van der Waals surface area contributed by atoms with Crippen LogP contribution in [0.4, 0.5) is 0 Å². The highest BCUT2D eigenvalue weighted by atomic mass is 35.5. The topological polar surface area (TPSA) is 141 Å². The summed E-state index contributed by atoms with van der Waals surface area (Å²) in [6.45, 7) is 3.85. The maximum absolute atomic E-state index is 11.9. The van der Waals surface area contributed by atoms with E-state index in [2.05, 4.69) is 15.0 Å². The van der Waals surface area contributed by atoms with Gasteiger partial charge in [-0.2, -0.15) is 0 Å². The monoisotopic (exact) mass is 705 g/mol. The number of fused-ring (bicyclic) bond motifs is 2. The molecule has 8 aromatic rings. The highest BCUT2D eigenvalue weighted by Crippen LogP contribution is 2.37. The van der Waals surface area contributed by atoms with Crippen LogP contribution in [0.3, 0.4) is 0 Å². The van der Waals surface area contributed by atoms with E-state index < -0.39 is 11.9 Å². The Morgan fingerprint density at radius 2 is 1.02 bits per heavy atom. The number of carboxylic acids is 1. The number of primary amides is 1. The SMILES string of the molecule is Cc1nc2ccccn2c1-c1nc(-c2ccccc2)c(C(=O)O)s1.Cc1nc2ccccn2c1-c1nc(-c2ccccc2)c(C(N)=O)s1.Cl. The van der Waals surface area contributed by atoms with Gasteiger partial charge in [0, 0.05) is 23.5 Å². The zero-order valence-electron chi connectivity index (χ0n) is 26.1. The van der Waals surface area contributed by atoms with Crippen molar-refractivity contribution in [3.05, 3.63) is 131 Å². The molecule has 8 rings (SSSR count). The van der Waals surface area contributed by atoms with E-state index in [0.29, 0.717) is 21.3 Å². The number of nitrogens with two attached hydrogens (primary N) is 1. The average molecular weight is 706 g/mol. The molecule has 0 fully saturated rings. The van der Waals surface area contributed by atoms with Gasteiger partial charge in [0.15, 0.2) is 0 Å². The van der Waals surface area contributed by atoms with Crippen LogP contribution in [0.2, 0.25) is 0 Å². The lowest BCUT2D eigenvalue weighted by Gasteiger charge is -1.99. The van der Waals surface area contributed by atoms with E-state index in [0.717, 1.165) is 50.2 Å². The number of thiazole rings is 2. The number of nitrogens with zero attached hydrogens (tertiary/aromatic N) is 6. The van der Waals surface area contributed by atoms with E-state index in [1.54, 1.807) is 0 Å². The van der Waals surface area contributed by atoms with E-state index in [1.165, 1.54) is 22.7 Å². The normalized spacial score (nSPS) is 10.8. The largest absolute Gasteiger partial charge is 0.477 e. The molecule has 0 saturated carbocycles. The van der Waals surface area contributed by atoms with Gasteiger partial charge in [-0.15, -0.1) is 35.1 Å². The number of aromatic nitrogens is 6. The van der Waals surface area contributed by atoms with Gasteiger partial charge in [-0.3, -0.25) is 13.6 Å². The highest BCUT2D eigenvalue weighted by molar-refractivity contribution is 7.17. The van der Waals surface area contributed by atoms with Crippen LogP contribution in [0.15, 0.2) is 109 Å². The lowest BCUT2D eigenvalue weighted by atomic mass is 10.1. The van der Waals surface area contributed by atoms with Crippen molar-refractivity contribution in [1.82, 2.24) is 28.7 Å². The number of hydrogen-bond donors (Lipinski definition) is 2. The number of carbonyl (C=O) groups excluding carboxylic acids is 1. The van der Waals surface area contributed by atoms with E-state index in [1.807, 2.05) is 132 Å². The summed E-state index contributed by atoms with van der Waals surface area (Å²) in [7, 11) is 0. The van der Waals surface area contributed by atoms with Gasteiger partial charge in [-0.1, -0.05) is 72.8 Å². The van der Waals surface area contributed by atoms with Crippen molar-refractivity contribution in [2.24, 2.45) is 5.73 Å². The molecule has 0 saturated heterocycles. The first kappa shape index (κ1) is 33.2. The summed E-state index contributed by atoms with van der Waals surface area (Å²) in [6.07, 6.45) is 3.85. The summed E-state index contributed by atoms with van der Waals surface area (Å²) in [6, 6.07) is 30.6. The van der Waals surface area contributed by atoms with Crippen molar-refractivity contribution in [3.8, 4) is 43.9 Å². The van der Waals surface area contributed by atoms with Crippen molar-refractivity contribution in [2.45, 2.75) is 13.8 Å². The molecule has 0 unspecified atom stereocenters. The Labute approximate surface area is 294 Å². The molecule has 3 N–H and O–H groups in total. The third kappa shape index (κ3) is 6.32. The van der Waals surface area contributed by atoms with Gasteiger partial charge in [-0.25, -0.2) is 24.7 Å². The maximum atomic E-state index is 11.9. The van der Waals surface area contributed by atoms with Gasteiger partial charge in [0.1, 0.15) is 42.5 Å². The molecule has 0 aliphatic heterocycles. The summed E-state index contributed by atoms with van der Waals surface area (Å²) in [5.74, 6) is -1.44. The van der Waals surface area contributed by atoms with Gasteiger partial charge in [0.05, 0.1) is 22.8 Å². The molecule has 2 aromatic carbocycles. The van der Waals surface area contributed by atoms with Gasteiger partial charge < -0.3 is 10.8 Å². The number of carbonyl (C=O) groups is 2. The number of halogens is 1. The molecule has 13 heteroatoms. The zero-order valence-corrected chi connectivity index (χ0v) is 28.6. The first-order chi connectivity index (χ1) is 23.3. The molecule has 0 aliphatic rings. The minimum Gasteiger partial charge on any atom is -0.477 e. The lowest BCUT2D eigenvalue weighted by Crippen LogP contribution is -2.10. The van der Waals surface area contributed by atoms with Gasteiger partial charge in [0.2, 0.25) is 0 Å². The number of aromatic carboxylic acids is 1. The summed E-state index contributed by atoms with van der Waals surface area (Å²) in [5, 5.41) is 11.0. The fraction of sp³-hybridized carbons (Fsp3) is 0.0556. The Morgan fingerprint density at radius 3 is 1.45 bits per heavy atom. The number of hydrogen-bond acceptors (Lipinski definition) is 8. The number of pyridine rings is 2. The van der Waals surface area contributed by atoms with Gasteiger partial charge >= 0.3 is 5.97 Å². The zero-order chi connectivity index (χ0) is 33.4. The number of imidazole rings is 2. The van der Waals surface area contributed by atoms with Gasteiger partial charge in [0.25, 0.3) is 5.91 Å². The Bertz CT molecular complexity index is 2280. The fourth-order valence-electron chi connectivity index (χ4n) is 5.48. The molecule has 6 aromatic heterocycles. The van der Waals surface area contributed by atoms with Crippen molar-refractivity contribution >= 4 is 58.3 Å². The average Bonchev–Trinajstić information content (AvgIpc) is 3.87. The quantitative estimate of drug-likeness (QED) is 0.178. The highest BCUT2D eigenvalue weighted by Gasteiger charge is 2.23. The van der Waals surface area contributed by atoms with Crippen molar-refractivity contribution in [2.75, 3.05) is 0 Å². The molecule has 0 spiro atoms. The predicted molar refractivity (Wildman–Crippen MR) is 196 cm³/mol. The third-order valence-corrected chi connectivity index (χ3v) is 9.71. The molecule has 1 amide bonds. The molecule has 6 heterocycles. The second-order valence-electron chi connectivity index (χ2n) is 10.7. The number of benzene rings is 2.